The number of carboxylic acid groups (broad SMARTS) is 1. The molecule has 0 amide bonds. The molecular formula is C9H14F3NO4. The first-order chi connectivity index (χ1) is 7.36. The van der Waals surface area contributed by atoms with E-state index in [1.165, 1.54) is 20.8 Å². The van der Waals surface area contributed by atoms with Crippen molar-refractivity contribution < 1.29 is 32.6 Å². The molecule has 0 bridgehead atoms. The van der Waals surface area contributed by atoms with Crippen LogP contribution in [0.4, 0.5) is 13.2 Å². The Kier molecular flexibility index (Phi) is 4.53. The van der Waals surface area contributed by atoms with Crippen molar-refractivity contribution in [2.75, 3.05) is 0 Å². The highest BCUT2D eigenvalue weighted by Gasteiger charge is 2.50. The van der Waals surface area contributed by atoms with Crippen molar-refractivity contribution in [1.29, 1.82) is 0 Å². The topological polar surface area (TPSA) is 89.6 Å². The summed E-state index contributed by atoms with van der Waals surface area (Å²) in [6, 6.07) is -2.80. The first-order valence-corrected chi connectivity index (χ1v) is 4.64. The van der Waals surface area contributed by atoms with Crippen LogP contribution in [0.5, 0.6) is 0 Å². The van der Waals surface area contributed by atoms with Gasteiger partial charge in [-0.25, -0.2) is 0 Å². The van der Waals surface area contributed by atoms with Crippen LogP contribution < -0.4 is 5.73 Å². The summed E-state index contributed by atoms with van der Waals surface area (Å²) >= 11 is 0. The van der Waals surface area contributed by atoms with Crippen molar-refractivity contribution in [3.63, 3.8) is 0 Å². The Balaban J connectivity index is 5.01. The van der Waals surface area contributed by atoms with Gasteiger partial charge in [-0.3, -0.25) is 9.59 Å². The van der Waals surface area contributed by atoms with Gasteiger partial charge in [0.1, 0.15) is 11.6 Å². The number of hydrogen-bond acceptors (Lipinski definition) is 4. The fourth-order valence-electron chi connectivity index (χ4n) is 0.955. The minimum atomic E-state index is -4.99. The molecule has 0 radical (unpaired) electrons. The number of nitrogens with two attached hydrogens (primary N) is 1. The van der Waals surface area contributed by atoms with E-state index in [1.54, 1.807) is 0 Å². The molecule has 5 nitrogen and oxygen atoms in total. The average molecular weight is 257 g/mol. The van der Waals surface area contributed by atoms with Crippen LogP contribution in [0.15, 0.2) is 0 Å². The largest absolute Gasteiger partial charge is 0.481 e. The third-order valence-electron chi connectivity index (χ3n) is 1.66. The number of rotatable bonds is 3. The molecule has 0 saturated carbocycles. The molecule has 0 aliphatic carbocycles. The second-order valence-corrected chi connectivity index (χ2v) is 4.42. The maximum absolute atomic E-state index is 12.3. The van der Waals surface area contributed by atoms with E-state index in [1.807, 2.05) is 0 Å². The maximum atomic E-state index is 12.3. The standard InChI is InChI=1S/C9H14F3NO4/c1-8(2,3)17-7(16)4(6(14)15)5(13)9(10,11)12/h4-5H,13H2,1-3H3,(H,14,15)/t4-,5?/m1/s1. The molecule has 0 aromatic heterocycles. The average Bonchev–Trinajstić information content (AvgIpc) is 1.97. The monoisotopic (exact) mass is 257 g/mol. The van der Waals surface area contributed by atoms with Gasteiger partial charge < -0.3 is 15.6 Å². The zero-order valence-electron chi connectivity index (χ0n) is 9.54. The minimum absolute atomic E-state index is 1.09. The van der Waals surface area contributed by atoms with Crippen LogP contribution in [-0.2, 0) is 14.3 Å². The summed E-state index contributed by atoms with van der Waals surface area (Å²) in [5, 5.41) is 8.59. The molecule has 100 valence electrons. The van der Waals surface area contributed by atoms with E-state index < -0.39 is 35.7 Å². The van der Waals surface area contributed by atoms with E-state index in [-0.39, 0.29) is 0 Å². The zero-order chi connectivity index (χ0) is 14.0. The number of ether oxygens (including phenoxy) is 1. The Morgan fingerprint density at radius 1 is 1.24 bits per heavy atom. The SMILES string of the molecule is CC(C)(C)OC(=O)[C@@H](C(=O)O)C(N)C(F)(F)F. The van der Waals surface area contributed by atoms with E-state index in [4.69, 9.17) is 10.8 Å². The lowest BCUT2D eigenvalue weighted by molar-refractivity contribution is -0.189. The van der Waals surface area contributed by atoms with E-state index in [9.17, 15) is 22.8 Å². The highest BCUT2D eigenvalue weighted by Crippen LogP contribution is 2.26. The molecule has 0 rings (SSSR count). The van der Waals surface area contributed by atoms with Gasteiger partial charge in [0, 0.05) is 0 Å². The zero-order valence-corrected chi connectivity index (χ0v) is 9.54. The molecule has 0 aliphatic rings. The van der Waals surface area contributed by atoms with Crippen molar-refractivity contribution >= 4 is 11.9 Å². The van der Waals surface area contributed by atoms with Crippen LogP contribution in [0.3, 0.4) is 0 Å². The molecule has 0 spiro atoms. The minimum Gasteiger partial charge on any atom is -0.481 e. The Labute approximate surface area is 95.7 Å². The Morgan fingerprint density at radius 3 is 1.88 bits per heavy atom. The normalized spacial score (nSPS) is 16.2. The highest BCUT2D eigenvalue weighted by atomic mass is 19.4. The summed E-state index contributed by atoms with van der Waals surface area (Å²) in [7, 11) is 0. The highest BCUT2D eigenvalue weighted by molar-refractivity contribution is 5.95. The predicted octanol–water partition coefficient (Wildman–Crippen LogP) is 0.918. The lowest BCUT2D eigenvalue weighted by Crippen LogP contribution is -2.51. The van der Waals surface area contributed by atoms with E-state index in [2.05, 4.69) is 4.74 Å². The first kappa shape index (κ1) is 15.7. The Hall–Kier alpha value is -1.31. The Bertz CT molecular complexity index is 308. The van der Waals surface area contributed by atoms with Gasteiger partial charge in [-0.2, -0.15) is 13.2 Å². The van der Waals surface area contributed by atoms with Crippen LogP contribution in [0.1, 0.15) is 20.8 Å². The first-order valence-electron chi connectivity index (χ1n) is 4.64. The van der Waals surface area contributed by atoms with Gasteiger partial charge in [-0.15, -0.1) is 0 Å². The van der Waals surface area contributed by atoms with Gasteiger partial charge in [0.05, 0.1) is 0 Å². The number of carbonyl (C=O) groups excluding carboxylic acids is 1. The Morgan fingerprint density at radius 2 is 1.65 bits per heavy atom. The van der Waals surface area contributed by atoms with Crippen molar-refractivity contribution in [3.8, 4) is 0 Å². The number of carbonyl (C=O) groups is 2. The number of aliphatic carboxylic acids is 1. The third kappa shape index (κ3) is 5.03. The summed E-state index contributed by atoms with van der Waals surface area (Å²) in [6.45, 7) is 4.22. The van der Waals surface area contributed by atoms with Crippen LogP contribution in [0, 0.1) is 5.92 Å². The number of carboxylic acids is 1. The number of hydrogen-bond donors (Lipinski definition) is 2. The van der Waals surface area contributed by atoms with Crippen LogP contribution >= 0.6 is 0 Å². The molecular weight excluding hydrogens is 243 g/mol. The van der Waals surface area contributed by atoms with Gasteiger partial charge in [0.15, 0.2) is 5.92 Å². The maximum Gasteiger partial charge on any atom is 0.405 e. The molecule has 17 heavy (non-hydrogen) atoms. The van der Waals surface area contributed by atoms with Crippen LogP contribution in [-0.4, -0.2) is 34.9 Å². The number of alkyl halides is 3. The van der Waals surface area contributed by atoms with E-state index in [0.29, 0.717) is 0 Å². The van der Waals surface area contributed by atoms with Crippen molar-refractivity contribution in [3.05, 3.63) is 0 Å². The molecule has 0 heterocycles. The smallest absolute Gasteiger partial charge is 0.405 e. The van der Waals surface area contributed by atoms with Gasteiger partial charge in [0.2, 0.25) is 0 Å². The second kappa shape index (κ2) is 4.91. The quantitative estimate of drug-likeness (QED) is 0.579. The summed E-state index contributed by atoms with van der Waals surface area (Å²) < 4.78 is 41.3. The number of halogens is 3. The predicted molar refractivity (Wildman–Crippen MR) is 51.0 cm³/mol. The fraction of sp³-hybridized carbons (Fsp3) is 0.778. The molecule has 2 atom stereocenters. The van der Waals surface area contributed by atoms with E-state index in [0.717, 1.165) is 0 Å². The summed E-state index contributed by atoms with van der Waals surface area (Å²) in [5.74, 6) is -5.94. The third-order valence-corrected chi connectivity index (χ3v) is 1.66. The fourth-order valence-corrected chi connectivity index (χ4v) is 0.955. The van der Waals surface area contributed by atoms with Gasteiger partial charge in [-0.1, -0.05) is 0 Å². The van der Waals surface area contributed by atoms with Gasteiger partial charge >= 0.3 is 18.1 Å². The van der Waals surface area contributed by atoms with E-state index >= 15 is 0 Å². The molecule has 0 saturated heterocycles. The van der Waals surface area contributed by atoms with Crippen LogP contribution in [0.2, 0.25) is 0 Å². The van der Waals surface area contributed by atoms with Crippen molar-refractivity contribution in [2.24, 2.45) is 11.7 Å². The second-order valence-electron chi connectivity index (χ2n) is 4.42. The molecule has 0 aromatic rings. The van der Waals surface area contributed by atoms with Gasteiger partial charge in [0.25, 0.3) is 0 Å². The molecule has 8 heteroatoms. The summed E-state index contributed by atoms with van der Waals surface area (Å²) in [4.78, 5) is 21.9. The lowest BCUT2D eigenvalue weighted by Gasteiger charge is -2.25. The lowest BCUT2D eigenvalue weighted by atomic mass is 10.00. The van der Waals surface area contributed by atoms with Crippen LogP contribution in [0.25, 0.3) is 0 Å². The van der Waals surface area contributed by atoms with Crippen molar-refractivity contribution in [2.45, 2.75) is 38.6 Å². The molecule has 1 unspecified atom stereocenters. The van der Waals surface area contributed by atoms with Gasteiger partial charge in [-0.05, 0) is 20.8 Å². The summed E-state index contributed by atoms with van der Waals surface area (Å²) in [6.07, 6.45) is -4.99. The number of esters is 1. The van der Waals surface area contributed by atoms with Crippen molar-refractivity contribution in [1.82, 2.24) is 0 Å². The molecule has 0 fully saturated rings. The molecule has 3 N–H and O–H groups in total. The molecule has 0 aliphatic heterocycles. The summed E-state index contributed by atoms with van der Waals surface area (Å²) in [5.41, 5.74) is 3.62. The molecule has 0 aromatic carbocycles.